The van der Waals surface area contributed by atoms with Crippen molar-refractivity contribution in [1.29, 1.82) is 0 Å². The first kappa shape index (κ1) is 27.7. The minimum Gasteiger partial charge on any atom is -0.508 e. The van der Waals surface area contributed by atoms with Crippen molar-refractivity contribution in [2.45, 2.75) is 12.5 Å². The smallest absolute Gasteiger partial charge is 0.197 e. The number of methoxy groups -OCH3 is 1. The molecule has 0 saturated carbocycles. The third kappa shape index (κ3) is 5.43. The predicted molar refractivity (Wildman–Crippen MR) is 150 cm³/mol. The van der Waals surface area contributed by atoms with Crippen LogP contribution in [0, 0.1) is 0 Å². The van der Waals surface area contributed by atoms with E-state index in [2.05, 4.69) is 0 Å². The maximum atomic E-state index is 12.2. The zero-order valence-electron chi connectivity index (χ0n) is 21.9. The lowest BCUT2D eigenvalue weighted by Crippen LogP contribution is -2.20. The van der Waals surface area contributed by atoms with Gasteiger partial charge in [0.1, 0.15) is 62.9 Å². The standard InChI is InChI=1S/C16H14O6.C15H10O5/c1-21-14-4-8(2-3-10(14)18)13-7-12(20)16-11(19)5-9(17)6-15(16)22-13;16-9-3-1-8(2-4-9)13-7-12(19)15-11(18)5-10(17)6-14(15)20-13/h2-6,13,17-19H,7H2,1H3;1-7,16-18H/t13-;/m0./s1. The van der Waals surface area contributed by atoms with E-state index >= 15 is 0 Å². The number of hydrogen-bond donors (Lipinski definition) is 6. The topological polar surface area (TPSA) is 187 Å². The Morgan fingerprint density at radius 3 is 2.14 bits per heavy atom. The van der Waals surface area contributed by atoms with Crippen LogP contribution in [-0.2, 0) is 0 Å². The normalized spacial score (nSPS) is 13.9. The molecule has 0 fully saturated rings. The number of ketones is 1. The van der Waals surface area contributed by atoms with E-state index in [0.717, 1.165) is 12.1 Å². The quantitative estimate of drug-likeness (QED) is 0.169. The molecule has 42 heavy (non-hydrogen) atoms. The van der Waals surface area contributed by atoms with E-state index in [1.54, 1.807) is 24.3 Å². The number of rotatable bonds is 3. The van der Waals surface area contributed by atoms with Gasteiger partial charge in [-0.3, -0.25) is 9.59 Å². The molecular weight excluding hydrogens is 548 g/mol. The maximum absolute atomic E-state index is 12.2. The van der Waals surface area contributed by atoms with Gasteiger partial charge in [0, 0.05) is 35.9 Å². The van der Waals surface area contributed by atoms with Gasteiger partial charge in [0.2, 0.25) is 0 Å². The van der Waals surface area contributed by atoms with Gasteiger partial charge in [-0.15, -0.1) is 0 Å². The molecule has 1 aromatic heterocycles. The number of fused-ring (bicyclic) bond motifs is 2. The molecule has 6 rings (SSSR count). The second kappa shape index (κ2) is 11.0. The van der Waals surface area contributed by atoms with Gasteiger partial charge in [0.05, 0.1) is 13.5 Å². The Bertz CT molecular complexity index is 1870. The molecule has 0 bridgehead atoms. The third-order valence-corrected chi connectivity index (χ3v) is 6.51. The molecule has 214 valence electrons. The van der Waals surface area contributed by atoms with Gasteiger partial charge in [-0.25, -0.2) is 0 Å². The van der Waals surface area contributed by atoms with E-state index in [4.69, 9.17) is 13.9 Å². The Kier molecular flexibility index (Phi) is 7.24. The van der Waals surface area contributed by atoms with Crippen LogP contribution in [-0.4, -0.2) is 43.5 Å². The van der Waals surface area contributed by atoms with E-state index in [1.807, 2.05) is 0 Å². The highest BCUT2D eigenvalue weighted by Crippen LogP contribution is 2.42. The summed E-state index contributed by atoms with van der Waals surface area (Å²) in [4.78, 5) is 24.2. The second-order valence-corrected chi connectivity index (χ2v) is 9.36. The van der Waals surface area contributed by atoms with Crippen LogP contribution in [0.2, 0.25) is 0 Å². The molecule has 6 N–H and O–H groups in total. The molecule has 0 amide bonds. The molecule has 1 aliphatic heterocycles. The summed E-state index contributed by atoms with van der Waals surface area (Å²) in [6, 6.07) is 16.8. The fraction of sp³-hybridized carbons (Fsp3) is 0.0968. The summed E-state index contributed by atoms with van der Waals surface area (Å²) in [5, 5.41) is 57.3. The zero-order valence-corrected chi connectivity index (χ0v) is 21.9. The van der Waals surface area contributed by atoms with E-state index in [1.165, 1.54) is 43.5 Å². The zero-order chi connectivity index (χ0) is 30.1. The van der Waals surface area contributed by atoms with Crippen LogP contribution in [0.15, 0.2) is 82.0 Å². The average Bonchev–Trinajstić information content (AvgIpc) is 2.92. The monoisotopic (exact) mass is 572 g/mol. The van der Waals surface area contributed by atoms with Crippen molar-refractivity contribution in [1.82, 2.24) is 0 Å². The molecular formula is C31H24O11. The Morgan fingerprint density at radius 2 is 1.43 bits per heavy atom. The minimum atomic E-state index is -0.587. The highest BCUT2D eigenvalue weighted by molar-refractivity contribution is 6.02. The first-order valence-electron chi connectivity index (χ1n) is 12.5. The molecule has 11 nitrogen and oxygen atoms in total. The van der Waals surface area contributed by atoms with E-state index in [0.29, 0.717) is 11.1 Å². The number of carbonyl (C=O) groups is 1. The van der Waals surface area contributed by atoms with Crippen molar-refractivity contribution in [2.75, 3.05) is 7.11 Å². The number of phenolic OH excluding ortho intramolecular Hbond substituents is 6. The van der Waals surface area contributed by atoms with Gasteiger partial charge < -0.3 is 44.5 Å². The number of benzene rings is 4. The van der Waals surface area contributed by atoms with Crippen molar-refractivity contribution in [3.05, 3.63) is 94.1 Å². The third-order valence-electron chi connectivity index (χ3n) is 6.51. The molecule has 4 aromatic carbocycles. The van der Waals surface area contributed by atoms with Gasteiger partial charge >= 0.3 is 0 Å². The summed E-state index contributed by atoms with van der Waals surface area (Å²) in [6.45, 7) is 0. The fourth-order valence-corrected chi connectivity index (χ4v) is 4.53. The minimum absolute atomic E-state index is 0.0101. The predicted octanol–water partition coefficient (Wildman–Crippen LogP) is 5.10. The number of aromatic hydroxyl groups is 6. The molecule has 0 spiro atoms. The lowest BCUT2D eigenvalue weighted by molar-refractivity contribution is 0.0844. The van der Waals surface area contributed by atoms with Crippen molar-refractivity contribution >= 4 is 16.8 Å². The molecule has 11 heteroatoms. The summed E-state index contributed by atoms with van der Waals surface area (Å²) >= 11 is 0. The van der Waals surface area contributed by atoms with Crippen molar-refractivity contribution < 1.29 is 49.3 Å². The number of Topliss-reactive ketones (excluding diaryl/α,β-unsaturated/α-hetero) is 1. The Balaban J connectivity index is 0.000000169. The van der Waals surface area contributed by atoms with Gasteiger partial charge in [-0.2, -0.15) is 0 Å². The van der Waals surface area contributed by atoms with Gasteiger partial charge in [-0.05, 0) is 42.0 Å². The summed E-state index contributed by atoms with van der Waals surface area (Å²) in [6.07, 6.45) is -0.546. The number of phenols is 6. The highest BCUT2D eigenvalue weighted by atomic mass is 16.5. The molecule has 0 saturated heterocycles. The highest BCUT2D eigenvalue weighted by Gasteiger charge is 2.31. The Hall–Kier alpha value is -5.84. The number of ether oxygens (including phenoxy) is 2. The lowest BCUT2D eigenvalue weighted by atomic mass is 9.95. The van der Waals surface area contributed by atoms with Crippen molar-refractivity contribution in [3.8, 4) is 57.3 Å². The van der Waals surface area contributed by atoms with Crippen LogP contribution < -0.4 is 14.9 Å². The van der Waals surface area contributed by atoms with Crippen LogP contribution in [0.4, 0.5) is 0 Å². The lowest BCUT2D eigenvalue weighted by Gasteiger charge is -2.26. The Morgan fingerprint density at radius 1 is 0.738 bits per heavy atom. The molecule has 0 radical (unpaired) electrons. The van der Waals surface area contributed by atoms with E-state index < -0.39 is 11.5 Å². The second-order valence-electron chi connectivity index (χ2n) is 9.36. The first-order valence-corrected chi connectivity index (χ1v) is 12.5. The summed E-state index contributed by atoms with van der Waals surface area (Å²) in [5.74, 6) is -0.509. The van der Waals surface area contributed by atoms with Crippen molar-refractivity contribution in [3.63, 3.8) is 0 Å². The number of carbonyl (C=O) groups excluding carboxylic acids is 1. The SMILES string of the molecule is COc1cc([C@@H]2CC(=O)c3c(O)cc(O)cc3O2)ccc1O.O=c1cc(-c2ccc(O)cc2)oc2cc(O)cc(O)c12. The average molecular weight is 573 g/mol. The Labute approximate surface area is 237 Å². The van der Waals surface area contributed by atoms with Gasteiger partial charge in [-0.1, -0.05) is 6.07 Å². The number of hydrogen-bond acceptors (Lipinski definition) is 11. The molecule has 1 atom stereocenters. The molecule has 5 aromatic rings. The van der Waals surface area contributed by atoms with Crippen LogP contribution >= 0.6 is 0 Å². The molecule has 2 heterocycles. The summed E-state index contributed by atoms with van der Waals surface area (Å²) in [5.41, 5.74) is 1.01. The van der Waals surface area contributed by atoms with Crippen LogP contribution in [0.1, 0.15) is 28.4 Å². The molecule has 0 unspecified atom stereocenters. The largest absolute Gasteiger partial charge is 0.508 e. The van der Waals surface area contributed by atoms with E-state index in [-0.39, 0.29) is 80.5 Å². The van der Waals surface area contributed by atoms with Crippen molar-refractivity contribution in [2.24, 2.45) is 0 Å². The van der Waals surface area contributed by atoms with Crippen LogP contribution in [0.3, 0.4) is 0 Å². The maximum Gasteiger partial charge on any atom is 0.197 e. The molecule has 0 aliphatic carbocycles. The van der Waals surface area contributed by atoms with Crippen LogP contribution in [0.25, 0.3) is 22.3 Å². The first-order chi connectivity index (χ1) is 20.0. The van der Waals surface area contributed by atoms with E-state index in [9.17, 15) is 40.2 Å². The summed E-state index contributed by atoms with van der Waals surface area (Å²) in [7, 11) is 1.43. The van der Waals surface area contributed by atoms with Crippen LogP contribution in [0.5, 0.6) is 46.0 Å². The fourth-order valence-electron chi connectivity index (χ4n) is 4.53. The van der Waals surface area contributed by atoms with Gasteiger partial charge in [0.25, 0.3) is 0 Å². The summed E-state index contributed by atoms with van der Waals surface area (Å²) < 4.78 is 16.3. The van der Waals surface area contributed by atoms with Gasteiger partial charge in [0.15, 0.2) is 22.7 Å². The molecule has 1 aliphatic rings.